The van der Waals surface area contributed by atoms with Crippen molar-refractivity contribution < 1.29 is 9.90 Å². The second-order valence-electron chi connectivity index (χ2n) is 4.23. The summed E-state index contributed by atoms with van der Waals surface area (Å²) >= 11 is 0. The summed E-state index contributed by atoms with van der Waals surface area (Å²) in [6, 6.07) is 15.7. The summed E-state index contributed by atoms with van der Waals surface area (Å²) in [6.45, 7) is 0.218. The Balaban J connectivity index is 2.26. The van der Waals surface area contributed by atoms with Crippen LogP contribution >= 0.6 is 0 Å². The lowest BCUT2D eigenvalue weighted by atomic mass is 9.98. The number of aliphatic hydroxyl groups excluding tert-OH is 1. The molecule has 0 aliphatic carbocycles. The molecule has 1 N–H and O–H groups in total. The number of benzene rings is 2. The zero-order chi connectivity index (χ0) is 12.8. The van der Waals surface area contributed by atoms with Crippen molar-refractivity contribution in [2.75, 3.05) is 6.61 Å². The third-order valence-corrected chi connectivity index (χ3v) is 2.98. The number of rotatable bonds is 5. The molecule has 0 fully saturated rings. The third kappa shape index (κ3) is 2.84. The van der Waals surface area contributed by atoms with Crippen LogP contribution in [0.5, 0.6) is 0 Å². The largest absolute Gasteiger partial charge is 0.396 e. The van der Waals surface area contributed by atoms with E-state index < -0.39 is 0 Å². The summed E-state index contributed by atoms with van der Waals surface area (Å²) in [5, 5.41) is 8.79. The van der Waals surface area contributed by atoms with Crippen LogP contribution < -0.4 is 0 Å². The van der Waals surface area contributed by atoms with Gasteiger partial charge >= 0.3 is 0 Å². The Bertz CT molecular complexity index is 515. The molecular weight excluding hydrogens is 224 g/mol. The Morgan fingerprint density at radius 3 is 2.39 bits per heavy atom. The first kappa shape index (κ1) is 12.5. The fourth-order valence-electron chi connectivity index (χ4n) is 2.00. The van der Waals surface area contributed by atoms with Gasteiger partial charge in [-0.3, -0.25) is 4.79 Å². The molecule has 2 aromatic rings. The minimum atomic E-state index is 0.218. The van der Waals surface area contributed by atoms with Gasteiger partial charge in [-0.15, -0.1) is 0 Å². The number of aliphatic hydroxyl groups is 1. The van der Waals surface area contributed by atoms with Crippen LogP contribution in [0.25, 0.3) is 11.1 Å². The molecule has 0 heterocycles. The fourth-order valence-corrected chi connectivity index (χ4v) is 2.00. The van der Waals surface area contributed by atoms with E-state index in [0.29, 0.717) is 5.56 Å². The van der Waals surface area contributed by atoms with Crippen LogP contribution in [-0.4, -0.2) is 18.0 Å². The van der Waals surface area contributed by atoms with E-state index in [1.165, 1.54) is 5.56 Å². The van der Waals surface area contributed by atoms with Crippen LogP contribution in [0, 0.1) is 0 Å². The molecule has 0 amide bonds. The summed E-state index contributed by atoms with van der Waals surface area (Å²) in [6.07, 6.45) is 2.55. The predicted molar refractivity (Wildman–Crippen MR) is 72.7 cm³/mol. The molecule has 2 aromatic carbocycles. The molecule has 0 saturated carbocycles. The predicted octanol–water partition coefficient (Wildman–Crippen LogP) is 3.09. The van der Waals surface area contributed by atoms with E-state index >= 15 is 0 Å². The van der Waals surface area contributed by atoms with Crippen LogP contribution in [0.4, 0.5) is 0 Å². The Hall–Kier alpha value is -1.93. The summed E-state index contributed by atoms with van der Waals surface area (Å²) in [5.41, 5.74) is 3.92. The van der Waals surface area contributed by atoms with Gasteiger partial charge in [0.25, 0.3) is 0 Å². The van der Waals surface area contributed by atoms with Crippen LogP contribution in [0.3, 0.4) is 0 Å². The number of aryl methyl sites for hydroxylation is 1. The Labute approximate surface area is 107 Å². The Kier molecular flexibility index (Phi) is 4.26. The van der Waals surface area contributed by atoms with Crippen LogP contribution in [-0.2, 0) is 6.42 Å². The molecule has 0 radical (unpaired) electrons. The molecule has 0 unspecified atom stereocenters. The average Bonchev–Trinajstić information content (AvgIpc) is 2.45. The molecule has 18 heavy (non-hydrogen) atoms. The van der Waals surface area contributed by atoms with Crippen molar-refractivity contribution in [2.45, 2.75) is 12.8 Å². The molecule has 0 saturated heterocycles. The molecule has 0 aromatic heterocycles. The van der Waals surface area contributed by atoms with Gasteiger partial charge in [0.15, 0.2) is 6.29 Å². The highest BCUT2D eigenvalue weighted by molar-refractivity contribution is 5.87. The molecule has 0 aliphatic rings. The molecule has 2 nitrogen and oxygen atoms in total. The minimum absolute atomic E-state index is 0.218. The van der Waals surface area contributed by atoms with Crippen molar-refractivity contribution in [3.63, 3.8) is 0 Å². The molecule has 2 heteroatoms. The number of carbonyl (C=O) groups excluding carboxylic acids is 1. The number of hydrogen-bond donors (Lipinski definition) is 1. The minimum Gasteiger partial charge on any atom is -0.396 e. The van der Waals surface area contributed by atoms with Gasteiger partial charge in [-0.05, 0) is 29.5 Å². The van der Waals surface area contributed by atoms with Gasteiger partial charge in [0.2, 0.25) is 0 Å². The first-order valence-electron chi connectivity index (χ1n) is 6.09. The highest BCUT2D eigenvalue weighted by atomic mass is 16.2. The molecular formula is C16H16O2. The van der Waals surface area contributed by atoms with E-state index in [1.54, 1.807) is 0 Å². The van der Waals surface area contributed by atoms with Gasteiger partial charge < -0.3 is 5.11 Å². The van der Waals surface area contributed by atoms with E-state index in [4.69, 9.17) is 5.11 Å². The Morgan fingerprint density at radius 2 is 1.72 bits per heavy atom. The lowest BCUT2D eigenvalue weighted by Gasteiger charge is -2.06. The van der Waals surface area contributed by atoms with Gasteiger partial charge in [-0.25, -0.2) is 0 Å². The molecule has 0 spiro atoms. The van der Waals surface area contributed by atoms with Gasteiger partial charge in [-0.2, -0.15) is 0 Å². The van der Waals surface area contributed by atoms with Crippen molar-refractivity contribution in [1.29, 1.82) is 0 Å². The molecule has 0 aliphatic heterocycles. The maximum Gasteiger partial charge on any atom is 0.150 e. The van der Waals surface area contributed by atoms with Crippen molar-refractivity contribution in [3.05, 3.63) is 59.7 Å². The second kappa shape index (κ2) is 6.12. The molecule has 2 rings (SSSR count). The molecule has 0 bridgehead atoms. The second-order valence-corrected chi connectivity index (χ2v) is 4.23. The van der Waals surface area contributed by atoms with Crippen LogP contribution in [0.1, 0.15) is 22.3 Å². The Morgan fingerprint density at radius 1 is 1.00 bits per heavy atom. The number of hydrogen-bond acceptors (Lipinski definition) is 2. The standard InChI is InChI=1S/C16H16O2/c17-11-3-4-13-7-9-14(10-8-13)16-6-2-1-5-15(16)12-18/h1-2,5-10,12,17H,3-4,11H2. The van der Waals surface area contributed by atoms with Crippen LogP contribution in [0.2, 0.25) is 0 Å². The number of aldehydes is 1. The van der Waals surface area contributed by atoms with E-state index in [1.807, 2.05) is 48.5 Å². The van der Waals surface area contributed by atoms with Crippen molar-refractivity contribution in [3.8, 4) is 11.1 Å². The van der Waals surface area contributed by atoms with E-state index in [9.17, 15) is 4.79 Å². The topological polar surface area (TPSA) is 37.3 Å². The highest BCUT2D eigenvalue weighted by Crippen LogP contribution is 2.23. The lowest BCUT2D eigenvalue weighted by Crippen LogP contribution is -1.90. The summed E-state index contributed by atoms with van der Waals surface area (Å²) in [5.74, 6) is 0. The summed E-state index contributed by atoms with van der Waals surface area (Å²) in [4.78, 5) is 11.0. The van der Waals surface area contributed by atoms with E-state index in [0.717, 1.165) is 30.3 Å². The summed E-state index contributed by atoms with van der Waals surface area (Å²) in [7, 11) is 0. The molecule has 0 atom stereocenters. The number of carbonyl (C=O) groups is 1. The molecule has 92 valence electrons. The van der Waals surface area contributed by atoms with Crippen molar-refractivity contribution >= 4 is 6.29 Å². The maximum atomic E-state index is 11.0. The van der Waals surface area contributed by atoms with Crippen LogP contribution in [0.15, 0.2) is 48.5 Å². The SMILES string of the molecule is O=Cc1ccccc1-c1ccc(CCCO)cc1. The van der Waals surface area contributed by atoms with E-state index in [2.05, 4.69) is 0 Å². The maximum absolute atomic E-state index is 11.0. The van der Waals surface area contributed by atoms with E-state index in [-0.39, 0.29) is 6.61 Å². The smallest absolute Gasteiger partial charge is 0.150 e. The first-order valence-corrected chi connectivity index (χ1v) is 6.09. The highest BCUT2D eigenvalue weighted by Gasteiger charge is 2.03. The van der Waals surface area contributed by atoms with Crippen molar-refractivity contribution in [2.24, 2.45) is 0 Å². The zero-order valence-corrected chi connectivity index (χ0v) is 10.2. The third-order valence-electron chi connectivity index (χ3n) is 2.98. The summed E-state index contributed by atoms with van der Waals surface area (Å²) < 4.78 is 0. The van der Waals surface area contributed by atoms with Gasteiger partial charge in [0, 0.05) is 12.2 Å². The first-order chi connectivity index (χ1) is 8.85. The van der Waals surface area contributed by atoms with Gasteiger partial charge in [0.05, 0.1) is 0 Å². The van der Waals surface area contributed by atoms with Gasteiger partial charge in [0.1, 0.15) is 0 Å². The zero-order valence-electron chi connectivity index (χ0n) is 10.2. The van der Waals surface area contributed by atoms with Gasteiger partial charge in [-0.1, -0.05) is 48.5 Å². The normalized spacial score (nSPS) is 10.3. The quantitative estimate of drug-likeness (QED) is 0.815. The lowest BCUT2D eigenvalue weighted by molar-refractivity contribution is 0.112. The fraction of sp³-hybridized carbons (Fsp3) is 0.188. The average molecular weight is 240 g/mol. The monoisotopic (exact) mass is 240 g/mol. The van der Waals surface area contributed by atoms with Crippen molar-refractivity contribution in [1.82, 2.24) is 0 Å².